The summed E-state index contributed by atoms with van der Waals surface area (Å²) in [5.74, 6) is -3.46. The molecule has 208 valence electrons. The normalized spacial score (nSPS) is 24.1. The maximum Gasteiger partial charge on any atom is 0.263 e. The van der Waals surface area contributed by atoms with Crippen molar-refractivity contribution in [3.63, 3.8) is 0 Å². The van der Waals surface area contributed by atoms with Gasteiger partial charge in [0.2, 0.25) is 0 Å². The van der Waals surface area contributed by atoms with E-state index in [0.717, 1.165) is 65.1 Å². The van der Waals surface area contributed by atoms with E-state index in [1.165, 1.54) is 0 Å². The number of aliphatic hydroxyl groups is 1. The Kier molecular flexibility index (Phi) is 7.04. The second kappa shape index (κ2) is 10.5. The molecule has 2 fully saturated rings. The van der Waals surface area contributed by atoms with Crippen molar-refractivity contribution in [2.24, 2.45) is 0 Å². The largest absolute Gasteiger partial charge is 0.490 e. The second-order valence-electron chi connectivity index (χ2n) is 10.9. The number of piperazine rings is 1. The molecule has 1 aliphatic heterocycles. The smallest absolute Gasteiger partial charge is 0.263 e. The van der Waals surface area contributed by atoms with Crippen molar-refractivity contribution < 1.29 is 24.1 Å². The number of nitrogens with zero attached hydrogens (tertiary/aromatic N) is 3. The lowest BCUT2D eigenvalue weighted by molar-refractivity contribution is 0.0400. The number of rotatable bonds is 6. The number of halogens is 2. The van der Waals surface area contributed by atoms with Crippen LogP contribution >= 0.6 is 0 Å². The second-order valence-corrected chi connectivity index (χ2v) is 10.9. The average molecular weight is 546 g/mol. The number of benzene rings is 3. The molecule has 0 radical (unpaired) electrons. The van der Waals surface area contributed by atoms with Crippen LogP contribution in [0.25, 0.3) is 10.9 Å². The van der Waals surface area contributed by atoms with Crippen molar-refractivity contribution in [2.45, 2.75) is 29.9 Å². The third-order valence-electron chi connectivity index (χ3n) is 8.58. The molecule has 3 aliphatic rings. The van der Waals surface area contributed by atoms with Crippen LogP contribution in [0.5, 0.6) is 5.75 Å². The molecule has 0 amide bonds. The first-order valence-electron chi connectivity index (χ1n) is 13.7. The predicted octanol–water partition coefficient (Wildman–Crippen LogP) is 4.39. The van der Waals surface area contributed by atoms with Gasteiger partial charge in [0.05, 0.1) is 23.4 Å². The van der Waals surface area contributed by atoms with E-state index >= 15 is 0 Å². The Bertz CT molecular complexity index is 1450. The zero-order chi connectivity index (χ0) is 26.6. The summed E-state index contributed by atoms with van der Waals surface area (Å²) < 4.78 is 35.9. The van der Waals surface area contributed by atoms with Crippen molar-refractivity contribution in [3.05, 3.63) is 107 Å². The first kappa shape index (κ1) is 26.8. The molecule has 8 heteroatoms. The van der Waals surface area contributed by atoms with E-state index < -0.39 is 23.9 Å². The van der Waals surface area contributed by atoms with E-state index in [2.05, 4.69) is 14.8 Å². The molecule has 2 aliphatic carbocycles. The molecule has 40 heavy (non-hydrogen) atoms. The fourth-order valence-electron chi connectivity index (χ4n) is 6.69. The lowest BCUT2D eigenvalue weighted by atomic mass is 9.90. The van der Waals surface area contributed by atoms with Crippen molar-refractivity contribution in [1.82, 2.24) is 14.8 Å². The minimum Gasteiger partial charge on any atom is -0.490 e. The van der Waals surface area contributed by atoms with Crippen molar-refractivity contribution >= 4 is 10.9 Å². The minimum atomic E-state index is -2.70. The summed E-state index contributed by atoms with van der Waals surface area (Å²) >= 11 is 0. The molecule has 3 aromatic carbocycles. The van der Waals surface area contributed by atoms with Gasteiger partial charge in [-0.25, -0.2) is 8.78 Å². The van der Waals surface area contributed by atoms with Gasteiger partial charge in [-0.1, -0.05) is 54.6 Å². The summed E-state index contributed by atoms with van der Waals surface area (Å²) in [6.45, 7) is 3.89. The van der Waals surface area contributed by atoms with E-state index in [9.17, 15) is 13.9 Å². The van der Waals surface area contributed by atoms with Gasteiger partial charge in [-0.05, 0) is 46.5 Å². The fourth-order valence-corrected chi connectivity index (χ4v) is 6.69. The Balaban J connectivity index is 0.00000289. The summed E-state index contributed by atoms with van der Waals surface area (Å²) in [4.78, 5) is 9.04. The summed E-state index contributed by atoms with van der Waals surface area (Å²) in [5.41, 5.74) is 4.44. The Morgan fingerprint density at radius 3 is 2.10 bits per heavy atom. The van der Waals surface area contributed by atoms with Gasteiger partial charge in [-0.2, -0.15) is 0 Å². The van der Waals surface area contributed by atoms with E-state index in [1.807, 2.05) is 78.9 Å². The summed E-state index contributed by atoms with van der Waals surface area (Å²) in [6.07, 6.45) is 1.13. The zero-order valence-electron chi connectivity index (χ0n) is 22.1. The molecule has 7 rings (SSSR count). The number of ether oxygens (including phenoxy) is 1. The number of aliphatic hydroxyl groups excluding tert-OH is 1. The van der Waals surface area contributed by atoms with Gasteiger partial charge >= 0.3 is 0 Å². The topological polar surface area (TPSA) is 80.3 Å². The molecular weight excluding hydrogens is 512 g/mol. The highest BCUT2D eigenvalue weighted by Crippen LogP contribution is 2.70. The summed E-state index contributed by atoms with van der Waals surface area (Å²) in [5, 5.41) is 11.7. The number of alkyl halides is 2. The van der Waals surface area contributed by atoms with Gasteiger partial charge in [-0.3, -0.25) is 14.8 Å². The van der Waals surface area contributed by atoms with Crippen LogP contribution in [0.2, 0.25) is 0 Å². The Morgan fingerprint density at radius 2 is 1.45 bits per heavy atom. The number of fused-ring (bicyclic) bond motifs is 6. The highest BCUT2D eigenvalue weighted by molar-refractivity contribution is 5.84. The maximum absolute atomic E-state index is 15.0. The van der Waals surface area contributed by atoms with Crippen molar-refractivity contribution in [2.75, 3.05) is 39.3 Å². The first-order chi connectivity index (χ1) is 19.0. The minimum absolute atomic E-state index is 0. The first-order valence-corrected chi connectivity index (χ1v) is 13.7. The van der Waals surface area contributed by atoms with Crippen LogP contribution in [0.15, 0.2) is 85.1 Å². The van der Waals surface area contributed by atoms with Gasteiger partial charge in [0.25, 0.3) is 5.92 Å². The van der Waals surface area contributed by atoms with Crippen LogP contribution < -0.4 is 4.74 Å². The van der Waals surface area contributed by atoms with Crippen LogP contribution in [-0.4, -0.2) is 76.7 Å². The molecule has 1 saturated heterocycles. The number of β-amino-alcohol motifs (C(OH)–C–C–N with tert-alkyl or cyclic N) is 1. The third-order valence-corrected chi connectivity index (χ3v) is 8.58. The standard InChI is InChI=1S/C32H31F2N3O2.H2O/c33-32(34)29-22-7-1-3-9-24(22)31(25-10-4-2-8-23(25)30(29)32)37-17-15-36(16-18-37)19-21(38)20-39-28-13-5-12-27-26(28)11-6-14-35-27;/h1-14,21,29-31,38H,15-20H2;1H2/t21-,29-,30+,31?;/m0./s1. The van der Waals surface area contributed by atoms with E-state index in [-0.39, 0.29) is 18.1 Å². The molecule has 1 unspecified atom stereocenters. The molecule has 0 bridgehead atoms. The highest BCUT2D eigenvalue weighted by atomic mass is 19.3. The molecule has 4 atom stereocenters. The van der Waals surface area contributed by atoms with Gasteiger partial charge < -0.3 is 15.3 Å². The Hall–Kier alpha value is -3.43. The average Bonchev–Trinajstić information content (AvgIpc) is 3.58. The van der Waals surface area contributed by atoms with Crippen LogP contribution in [0.1, 0.15) is 40.1 Å². The third kappa shape index (κ3) is 4.55. The number of aromatic nitrogens is 1. The van der Waals surface area contributed by atoms with Crippen molar-refractivity contribution in [3.8, 4) is 5.75 Å². The molecule has 3 N–H and O–H groups in total. The Labute approximate surface area is 232 Å². The SMILES string of the molecule is O.O[C@H](COc1cccc2ncccc12)CN1CCN(C2c3ccccc3[C@@H]3[C@H](c4ccccc42)C3(F)F)CC1. The van der Waals surface area contributed by atoms with Crippen LogP contribution in [0, 0.1) is 0 Å². The van der Waals surface area contributed by atoms with Crippen molar-refractivity contribution in [1.29, 1.82) is 0 Å². The molecule has 1 saturated carbocycles. The summed E-state index contributed by atoms with van der Waals surface area (Å²) in [6, 6.07) is 25.1. The quantitative estimate of drug-likeness (QED) is 0.389. The number of hydrogen-bond acceptors (Lipinski definition) is 5. The monoisotopic (exact) mass is 545 g/mol. The molecule has 2 heterocycles. The molecule has 1 aromatic heterocycles. The van der Waals surface area contributed by atoms with E-state index in [4.69, 9.17) is 4.74 Å². The van der Waals surface area contributed by atoms with Gasteiger partial charge in [0, 0.05) is 44.3 Å². The predicted molar refractivity (Wildman–Crippen MR) is 150 cm³/mol. The lowest BCUT2D eigenvalue weighted by Gasteiger charge is -2.41. The maximum atomic E-state index is 15.0. The van der Waals surface area contributed by atoms with Gasteiger partial charge in [0.1, 0.15) is 18.5 Å². The van der Waals surface area contributed by atoms with E-state index in [1.54, 1.807) is 6.20 Å². The molecule has 6 nitrogen and oxygen atoms in total. The number of pyridine rings is 1. The molecule has 0 spiro atoms. The lowest BCUT2D eigenvalue weighted by Crippen LogP contribution is -2.50. The summed E-state index contributed by atoms with van der Waals surface area (Å²) in [7, 11) is 0. The van der Waals surface area contributed by atoms with Gasteiger partial charge in [0.15, 0.2) is 0 Å². The van der Waals surface area contributed by atoms with Gasteiger partial charge in [-0.15, -0.1) is 0 Å². The van der Waals surface area contributed by atoms with Crippen LogP contribution in [-0.2, 0) is 0 Å². The Morgan fingerprint density at radius 1 is 0.825 bits per heavy atom. The van der Waals surface area contributed by atoms with E-state index in [0.29, 0.717) is 6.54 Å². The van der Waals surface area contributed by atoms with Crippen LogP contribution in [0.3, 0.4) is 0 Å². The highest BCUT2D eigenvalue weighted by Gasteiger charge is 2.71. The molecule has 4 aromatic rings. The number of hydrogen-bond donors (Lipinski definition) is 1. The molecular formula is C32H33F2N3O3. The van der Waals surface area contributed by atoms with Crippen LogP contribution in [0.4, 0.5) is 8.78 Å². The zero-order valence-corrected chi connectivity index (χ0v) is 22.1. The fraction of sp³-hybridized carbons (Fsp3) is 0.344.